The van der Waals surface area contributed by atoms with E-state index in [1.807, 2.05) is 0 Å². The molecule has 0 saturated carbocycles. The molecule has 1 aromatic carbocycles. The van der Waals surface area contributed by atoms with Crippen molar-refractivity contribution in [2.45, 2.75) is 13.3 Å². The van der Waals surface area contributed by atoms with Gasteiger partial charge >= 0.3 is 5.97 Å². The second-order valence-electron chi connectivity index (χ2n) is 5.35. The molecule has 12 heteroatoms. The third kappa shape index (κ3) is 6.68. The number of hydrogen-bond acceptors (Lipinski definition) is 8. The lowest BCUT2D eigenvalue weighted by molar-refractivity contribution is -0.394. The first-order chi connectivity index (χ1) is 12.6. The first kappa shape index (κ1) is 21.5. The summed E-state index contributed by atoms with van der Waals surface area (Å²) in [7, 11) is 1.18. The Hall–Kier alpha value is -3.57. The van der Waals surface area contributed by atoms with Crippen molar-refractivity contribution in [3.8, 4) is 0 Å². The highest BCUT2D eigenvalue weighted by atomic mass is 16.6. The third-order valence-corrected chi connectivity index (χ3v) is 3.43. The maximum Gasteiger partial charge on any atom is 0.307 e. The summed E-state index contributed by atoms with van der Waals surface area (Å²) < 4.78 is 4.50. The molecule has 146 valence electrons. The number of non-ortho nitro benzene ring substituents is 2. The van der Waals surface area contributed by atoms with Crippen LogP contribution in [0.4, 0.5) is 11.4 Å². The van der Waals surface area contributed by atoms with Crippen molar-refractivity contribution in [2.24, 2.45) is 0 Å². The number of esters is 1. The van der Waals surface area contributed by atoms with Gasteiger partial charge in [-0.2, -0.15) is 0 Å². The molecule has 0 aromatic heterocycles. The van der Waals surface area contributed by atoms with Crippen LogP contribution in [-0.2, 0) is 14.3 Å². The van der Waals surface area contributed by atoms with Crippen LogP contribution in [0, 0.1) is 20.2 Å². The van der Waals surface area contributed by atoms with Crippen molar-refractivity contribution < 1.29 is 29.0 Å². The predicted molar refractivity (Wildman–Crippen MR) is 91.0 cm³/mol. The number of benzene rings is 1. The van der Waals surface area contributed by atoms with Crippen molar-refractivity contribution in [2.75, 3.05) is 26.7 Å². The maximum atomic E-state index is 12.7. The van der Waals surface area contributed by atoms with E-state index in [0.717, 1.165) is 23.1 Å². The fourth-order valence-corrected chi connectivity index (χ4v) is 2.12. The van der Waals surface area contributed by atoms with Gasteiger partial charge in [0.25, 0.3) is 17.3 Å². The number of methoxy groups -OCH3 is 1. The van der Waals surface area contributed by atoms with E-state index in [9.17, 15) is 34.6 Å². The van der Waals surface area contributed by atoms with E-state index in [0.29, 0.717) is 0 Å². The minimum absolute atomic E-state index is 0.00804. The Morgan fingerprint density at radius 1 is 1.07 bits per heavy atom. The molecule has 1 aromatic rings. The third-order valence-electron chi connectivity index (χ3n) is 3.43. The van der Waals surface area contributed by atoms with Crippen LogP contribution in [0.5, 0.6) is 0 Å². The second-order valence-corrected chi connectivity index (χ2v) is 5.35. The van der Waals surface area contributed by atoms with Gasteiger partial charge in [0.1, 0.15) is 0 Å². The van der Waals surface area contributed by atoms with Gasteiger partial charge in [-0.3, -0.25) is 34.6 Å². The lowest BCUT2D eigenvalue weighted by Gasteiger charge is -2.22. The molecule has 0 aliphatic carbocycles. The van der Waals surface area contributed by atoms with Crippen LogP contribution < -0.4 is 5.32 Å². The van der Waals surface area contributed by atoms with Crippen LogP contribution in [0.25, 0.3) is 0 Å². The van der Waals surface area contributed by atoms with Gasteiger partial charge in [-0.15, -0.1) is 0 Å². The molecule has 1 N–H and O–H groups in total. The van der Waals surface area contributed by atoms with Crippen molar-refractivity contribution in [3.05, 3.63) is 44.0 Å². The summed E-state index contributed by atoms with van der Waals surface area (Å²) in [4.78, 5) is 56.4. The summed E-state index contributed by atoms with van der Waals surface area (Å²) in [6.07, 6.45) is -0.153. The van der Waals surface area contributed by atoms with E-state index < -0.39 is 33.1 Å². The van der Waals surface area contributed by atoms with Crippen molar-refractivity contribution in [1.82, 2.24) is 10.2 Å². The number of hydrogen-bond donors (Lipinski definition) is 1. The van der Waals surface area contributed by atoms with Crippen LogP contribution in [0.3, 0.4) is 0 Å². The Morgan fingerprint density at radius 3 is 2.07 bits per heavy atom. The Bertz CT molecular complexity index is 732. The van der Waals surface area contributed by atoms with E-state index in [1.165, 1.54) is 14.0 Å². The summed E-state index contributed by atoms with van der Waals surface area (Å²) >= 11 is 0. The van der Waals surface area contributed by atoms with E-state index >= 15 is 0 Å². The Labute approximate surface area is 153 Å². The summed E-state index contributed by atoms with van der Waals surface area (Å²) in [6.45, 7) is 1.25. The molecule has 0 aliphatic heterocycles. The van der Waals surface area contributed by atoms with E-state index in [1.54, 1.807) is 0 Å². The molecule has 0 fully saturated rings. The molecule has 0 bridgehead atoms. The zero-order valence-electron chi connectivity index (χ0n) is 14.7. The highest BCUT2D eigenvalue weighted by molar-refractivity contribution is 5.95. The van der Waals surface area contributed by atoms with Gasteiger partial charge in [-0.1, -0.05) is 0 Å². The Kier molecular flexibility index (Phi) is 7.79. The molecule has 1 rings (SSSR count). The molecule has 27 heavy (non-hydrogen) atoms. The number of nitro groups is 2. The van der Waals surface area contributed by atoms with Crippen molar-refractivity contribution in [1.29, 1.82) is 0 Å². The maximum absolute atomic E-state index is 12.7. The zero-order valence-corrected chi connectivity index (χ0v) is 14.7. The number of ether oxygens (including phenoxy) is 1. The molecular formula is C15H18N4O8. The van der Waals surface area contributed by atoms with Gasteiger partial charge in [0.2, 0.25) is 5.91 Å². The van der Waals surface area contributed by atoms with Gasteiger partial charge in [-0.25, -0.2) is 0 Å². The lowest BCUT2D eigenvalue weighted by Crippen LogP contribution is -2.39. The molecule has 0 aliphatic rings. The number of nitrogens with one attached hydrogen (secondary N) is 1. The van der Waals surface area contributed by atoms with Crippen LogP contribution in [0.15, 0.2) is 18.2 Å². The number of nitro benzene ring substituents is 2. The molecule has 0 unspecified atom stereocenters. The summed E-state index contributed by atoms with van der Waals surface area (Å²) in [6, 6.07) is 2.57. The molecule has 0 saturated heterocycles. The minimum Gasteiger partial charge on any atom is -0.469 e. The predicted octanol–water partition coefficient (Wildman–Crippen LogP) is 0.644. The Balaban J connectivity index is 3.13. The first-order valence-electron chi connectivity index (χ1n) is 7.70. The molecule has 2 amide bonds. The number of nitrogens with zero attached hydrogens (tertiary/aromatic N) is 3. The number of carbonyl (C=O) groups is 3. The summed E-state index contributed by atoms with van der Waals surface area (Å²) in [5.41, 5.74) is -1.49. The van der Waals surface area contributed by atoms with Crippen molar-refractivity contribution in [3.63, 3.8) is 0 Å². The van der Waals surface area contributed by atoms with Gasteiger partial charge in [-0.05, 0) is 0 Å². The first-order valence-corrected chi connectivity index (χ1v) is 7.70. The van der Waals surface area contributed by atoms with Gasteiger partial charge in [0.15, 0.2) is 0 Å². The average molecular weight is 382 g/mol. The fraction of sp³-hybridized carbons (Fsp3) is 0.400. The van der Waals surface area contributed by atoms with E-state index in [4.69, 9.17) is 0 Å². The molecule has 0 heterocycles. The van der Waals surface area contributed by atoms with Crippen LogP contribution >= 0.6 is 0 Å². The average Bonchev–Trinajstić information content (AvgIpc) is 2.62. The monoisotopic (exact) mass is 382 g/mol. The second kappa shape index (κ2) is 9.79. The molecule has 0 radical (unpaired) electrons. The topological polar surface area (TPSA) is 162 Å². The van der Waals surface area contributed by atoms with Gasteiger partial charge in [0, 0.05) is 38.7 Å². The quantitative estimate of drug-likeness (QED) is 0.369. The van der Waals surface area contributed by atoms with Crippen LogP contribution in [-0.4, -0.2) is 59.3 Å². The van der Waals surface area contributed by atoms with Gasteiger partial charge in [0.05, 0.1) is 35.0 Å². The number of amides is 2. The summed E-state index contributed by atoms with van der Waals surface area (Å²) in [5, 5.41) is 24.4. The van der Waals surface area contributed by atoms with Gasteiger partial charge < -0.3 is 15.0 Å². The van der Waals surface area contributed by atoms with Crippen LogP contribution in [0.1, 0.15) is 23.7 Å². The fourth-order valence-electron chi connectivity index (χ4n) is 2.12. The lowest BCUT2D eigenvalue weighted by atomic mass is 10.1. The van der Waals surface area contributed by atoms with E-state index in [-0.39, 0.29) is 37.5 Å². The largest absolute Gasteiger partial charge is 0.469 e. The van der Waals surface area contributed by atoms with Crippen LogP contribution in [0.2, 0.25) is 0 Å². The molecule has 0 atom stereocenters. The highest BCUT2D eigenvalue weighted by Gasteiger charge is 2.23. The standard InChI is InChI=1S/C15H18N4O8/c1-10(20)16-4-6-17(5-3-14(21)27-2)15(22)11-7-12(18(23)24)9-13(8-11)19(25)26/h7-9H,3-6H2,1-2H3,(H,16,20). The minimum atomic E-state index is -0.847. The van der Waals surface area contributed by atoms with E-state index in [2.05, 4.69) is 10.1 Å². The zero-order chi connectivity index (χ0) is 20.6. The Morgan fingerprint density at radius 2 is 1.63 bits per heavy atom. The van der Waals surface area contributed by atoms with Crippen molar-refractivity contribution >= 4 is 29.2 Å². The molecule has 0 spiro atoms. The summed E-state index contributed by atoms with van der Waals surface area (Å²) in [5.74, 6) is -1.67. The molecular weight excluding hydrogens is 364 g/mol. The number of rotatable bonds is 9. The number of carbonyl (C=O) groups excluding carboxylic acids is 3. The molecule has 12 nitrogen and oxygen atoms in total. The normalized spacial score (nSPS) is 10.0. The highest BCUT2D eigenvalue weighted by Crippen LogP contribution is 2.23. The SMILES string of the molecule is COC(=O)CCN(CCNC(C)=O)C(=O)c1cc([N+](=O)[O-])cc([N+](=O)[O-])c1. The smallest absolute Gasteiger partial charge is 0.307 e.